The molecule has 166 valence electrons. The van der Waals surface area contributed by atoms with Gasteiger partial charge in [0.25, 0.3) is 0 Å². The minimum atomic E-state index is -0.543. The van der Waals surface area contributed by atoms with E-state index in [1.165, 1.54) is 23.5 Å². The van der Waals surface area contributed by atoms with Gasteiger partial charge in [0.2, 0.25) is 5.91 Å². The van der Waals surface area contributed by atoms with Crippen molar-refractivity contribution < 1.29 is 14.3 Å². The molecule has 3 rings (SSSR count). The maximum Gasteiger partial charge on any atom is 0.343 e. The molecule has 1 aliphatic rings. The fraction of sp³-hybridized carbons (Fsp3) is 0.478. The molecular formula is C23H30N4O3S. The molecule has 1 unspecified atom stereocenters. The molecule has 2 N–H and O–H groups in total. The second-order valence-electron chi connectivity index (χ2n) is 7.65. The number of aromatic nitrogens is 2. The van der Waals surface area contributed by atoms with Crippen molar-refractivity contribution in [3.8, 4) is 0 Å². The van der Waals surface area contributed by atoms with E-state index >= 15 is 0 Å². The topological polar surface area (TPSA) is 98.4 Å². The Balaban J connectivity index is 1.56. The normalized spacial score (nSPS) is 15.5. The zero-order valence-electron chi connectivity index (χ0n) is 18.1. The van der Waals surface area contributed by atoms with Crippen LogP contribution in [0.2, 0.25) is 0 Å². The Kier molecular flexibility index (Phi) is 8.28. The molecule has 0 radical (unpaired) electrons. The molecule has 1 saturated heterocycles. The average Bonchev–Trinajstić information content (AvgIpc) is 2.78. The van der Waals surface area contributed by atoms with Crippen LogP contribution >= 0.6 is 11.8 Å². The molecule has 31 heavy (non-hydrogen) atoms. The second kappa shape index (κ2) is 11.1. The number of nitrogens with two attached hydrogens (primary N) is 1. The number of rotatable bonds is 8. The lowest BCUT2D eigenvalue weighted by atomic mass is 9.90. The summed E-state index contributed by atoms with van der Waals surface area (Å²) in [6, 6.07) is 10.5. The van der Waals surface area contributed by atoms with Crippen LogP contribution in [0.3, 0.4) is 0 Å². The highest BCUT2D eigenvalue weighted by atomic mass is 32.2. The van der Waals surface area contributed by atoms with Gasteiger partial charge in [0.05, 0.1) is 11.9 Å². The first-order valence-corrected chi connectivity index (χ1v) is 11.7. The number of likely N-dealkylation sites (tertiary alicyclic amines) is 1. The Morgan fingerprint density at radius 2 is 1.94 bits per heavy atom. The lowest BCUT2D eigenvalue weighted by molar-refractivity contribution is -0.132. The zero-order chi connectivity index (χ0) is 22.2. The molecule has 1 amide bonds. The van der Waals surface area contributed by atoms with Crippen LogP contribution in [0, 0.1) is 5.92 Å². The van der Waals surface area contributed by atoms with Gasteiger partial charge in [-0.25, -0.2) is 14.8 Å². The van der Waals surface area contributed by atoms with Crippen LogP contribution in [-0.4, -0.2) is 51.7 Å². The third-order valence-corrected chi connectivity index (χ3v) is 6.71. The molecule has 0 saturated carbocycles. The number of carbonyl (C=O) groups excluding carboxylic acids is 2. The van der Waals surface area contributed by atoms with Gasteiger partial charge in [-0.15, -0.1) is 0 Å². The van der Waals surface area contributed by atoms with Gasteiger partial charge in [0.1, 0.15) is 11.4 Å². The summed E-state index contributed by atoms with van der Waals surface area (Å²) in [5.74, 6) is 0.248. The molecule has 0 spiro atoms. The molecule has 2 heterocycles. The van der Waals surface area contributed by atoms with Crippen LogP contribution in [-0.2, 0) is 16.0 Å². The fourth-order valence-corrected chi connectivity index (χ4v) is 4.68. The van der Waals surface area contributed by atoms with E-state index < -0.39 is 5.97 Å². The number of piperidine rings is 1. The SMILES string of the molecule is CCOC(=O)c1cnc(SC(CC)C(=O)N2CCC(Cc3ccccc3)CC2)nc1N. The van der Waals surface area contributed by atoms with E-state index in [0.717, 1.165) is 32.4 Å². The first-order chi connectivity index (χ1) is 15.0. The number of ether oxygens (including phenoxy) is 1. The third kappa shape index (κ3) is 6.19. The van der Waals surface area contributed by atoms with E-state index in [9.17, 15) is 9.59 Å². The van der Waals surface area contributed by atoms with Gasteiger partial charge in [-0.3, -0.25) is 4.79 Å². The molecule has 7 nitrogen and oxygen atoms in total. The van der Waals surface area contributed by atoms with Crippen molar-refractivity contribution in [1.29, 1.82) is 0 Å². The zero-order valence-corrected chi connectivity index (χ0v) is 18.9. The van der Waals surface area contributed by atoms with Crippen molar-refractivity contribution in [2.24, 2.45) is 5.92 Å². The van der Waals surface area contributed by atoms with Gasteiger partial charge >= 0.3 is 5.97 Å². The lowest BCUT2D eigenvalue weighted by Gasteiger charge is -2.34. The van der Waals surface area contributed by atoms with Crippen LogP contribution in [0.1, 0.15) is 49.0 Å². The van der Waals surface area contributed by atoms with Gasteiger partial charge in [0.15, 0.2) is 5.16 Å². The van der Waals surface area contributed by atoms with Gasteiger partial charge in [-0.1, -0.05) is 49.0 Å². The van der Waals surface area contributed by atoms with E-state index in [4.69, 9.17) is 10.5 Å². The number of hydrogen-bond donors (Lipinski definition) is 1. The number of anilines is 1. The molecule has 2 aromatic rings. The predicted octanol–water partition coefficient (Wildman–Crippen LogP) is 3.59. The third-order valence-electron chi connectivity index (χ3n) is 5.48. The van der Waals surface area contributed by atoms with Crippen LogP contribution < -0.4 is 5.73 Å². The number of thioether (sulfide) groups is 1. The quantitative estimate of drug-likeness (QED) is 0.379. The van der Waals surface area contributed by atoms with E-state index in [-0.39, 0.29) is 29.1 Å². The number of nitrogen functional groups attached to an aromatic ring is 1. The molecule has 1 aliphatic heterocycles. The van der Waals surface area contributed by atoms with Crippen LogP contribution in [0.15, 0.2) is 41.7 Å². The standard InChI is InChI=1S/C23H30N4O3S/c1-3-19(31-23-25-15-18(20(24)26-23)22(29)30-4-2)21(28)27-12-10-17(11-13-27)14-16-8-6-5-7-9-16/h5-9,15,17,19H,3-4,10-14H2,1-2H3,(H2,24,25,26). The van der Waals surface area contributed by atoms with Gasteiger partial charge < -0.3 is 15.4 Å². The molecule has 0 aliphatic carbocycles. The summed E-state index contributed by atoms with van der Waals surface area (Å²) in [7, 11) is 0. The predicted molar refractivity (Wildman–Crippen MR) is 122 cm³/mol. The van der Waals surface area contributed by atoms with Gasteiger partial charge in [0, 0.05) is 19.3 Å². The Labute approximate surface area is 187 Å². The van der Waals surface area contributed by atoms with E-state index in [2.05, 4.69) is 34.2 Å². The van der Waals surface area contributed by atoms with Crippen molar-refractivity contribution in [3.05, 3.63) is 47.7 Å². The summed E-state index contributed by atoms with van der Waals surface area (Å²) in [5.41, 5.74) is 7.41. The lowest BCUT2D eigenvalue weighted by Crippen LogP contribution is -2.43. The number of nitrogens with zero attached hydrogens (tertiary/aromatic N) is 3. The number of benzene rings is 1. The first kappa shape index (κ1) is 23.1. The van der Waals surface area contributed by atoms with Crippen molar-refractivity contribution >= 4 is 29.5 Å². The Bertz CT molecular complexity index is 886. The van der Waals surface area contributed by atoms with Gasteiger partial charge in [-0.05, 0) is 44.1 Å². The van der Waals surface area contributed by atoms with E-state index in [1.54, 1.807) is 6.92 Å². The summed E-state index contributed by atoms with van der Waals surface area (Å²) in [6.45, 7) is 5.51. The summed E-state index contributed by atoms with van der Waals surface area (Å²) in [4.78, 5) is 35.3. The Hall–Kier alpha value is -2.61. The molecular weight excluding hydrogens is 412 g/mol. The summed E-state index contributed by atoms with van der Waals surface area (Å²) >= 11 is 1.30. The van der Waals surface area contributed by atoms with Gasteiger partial charge in [-0.2, -0.15) is 0 Å². The monoisotopic (exact) mass is 442 g/mol. The van der Waals surface area contributed by atoms with Crippen molar-refractivity contribution in [1.82, 2.24) is 14.9 Å². The molecule has 0 bridgehead atoms. The second-order valence-corrected chi connectivity index (χ2v) is 8.81. The highest BCUT2D eigenvalue weighted by Gasteiger charge is 2.29. The highest BCUT2D eigenvalue weighted by Crippen LogP contribution is 2.28. The first-order valence-electron chi connectivity index (χ1n) is 10.8. The fourth-order valence-electron chi connectivity index (χ4n) is 3.75. The summed E-state index contributed by atoms with van der Waals surface area (Å²) in [5, 5.41) is 0.114. The molecule has 1 atom stereocenters. The molecule has 1 fully saturated rings. The Morgan fingerprint density at radius 1 is 1.23 bits per heavy atom. The summed E-state index contributed by atoms with van der Waals surface area (Å²) in [6.07, 6.45) is 5.12. The molecule has 8 heteroatoms. The van der Waals surface area contributed by atoms with Crippen LogP contribution in [0.4, 0.5) is 5.82 Å². The van der Waals surface area contributed by atoms with Crippen molar-refractivity contribution in [2.75, 3.05) is 25.4 Å². The average molecular weight is 443 g/mol. The smallest absolute Gasteiger partial charge is 0.343 e. The van der Waals surface area contributed by atoms with E-state index in [1.807, 2.05) is 17.9 Å². The van der Waals surface area contributed by atoms with Crippen molar-refractivity contribution in [3.63, 3.8) is 0 Å². The molecule has 1 aromatic carbocycles. The number of hydrogen-bond acceptors (Lipinski definition) is 7. The number of carbonyl (C=O) groups is 2. The highest BCUT2D eigenvalue weighted by molar-refractivity contribution is 8.00. The maximum atomic E-state index is 13.1. The minimum absolute atomic E-state index is 0.0694. The number of amides is 1. The van der Waals surface area contributed by atoms with Crippen LogP contribution in [0.5, 0.6) is 0 Å². The minimum Gasteiger partial charge on any atom is -0.462 e. The van der Waals surface area contributed by atoms with Crippen LogP contribution in [0.25, 0.3) is 0 Å². The van der Waals surface area contributed by atoms with E-state index in [0.29, 0.717) is 17.5 Å². The molecule has 1 aromatic heterocycles. The largest absolute Gasteiger partial charge is 0.462 e. The summed E-state index contributed by atoms with van der Waals surface area (Å²) < 4.78 is 4.95. The maximum absolute atomic E-state index is 13.1. The number of esters is 1. The van der Waals surface area contributed by atoms with Crippen molar-refractivity contribution in [2.45, 2.75) is 49.9 Å². The Morgan fingerprint density at radius 3 is 2.55 bits per heavy atom.